The predicted molar refractivity (Wildman–Crippen MR) is 47.6 cm³/mol. The second-order valence-corrected chi connectivity index (χ2v) is 3.12. The van der Waals surface area contributed by atoms with Crippen LogP contribution in [0.3, 0.4) is 0 Å². The van der Waals surface area contributed by atoms with E-state index < -0.39 is 11.9 Å². The lowest BCUT2D eigenvalue weighted by Crippen LogP contribution is -2.06. The largest absolute Gasteiger partial charge is 0.469 e. The first kappa shape index (κ1) is 10.1. The number of halogens is 2. The van der Waals surface area contributed by atoms with E-state index in [1.807, 2.05) is 0 Å². The van der Waals surface area contributed by atoms with Crippen LogP contribution in [0.1, 0.15) is 5.56 Å². The highest BCUT2D eigenvalue weighted by molar-refractivity contribution is 9.10. The fourth-order valence-corrected chi connectivity index (χ4v) is 1.19. The van der Waals surface area contributed by atoms with E-state index in [1.165, 1.54) is 13.3 Å². The summed E-state index contributed by atoms with van der Waals surface area (Å²) in [6.45, 7) is 0. The number of aromatic nitrogens is 1. The maximum Gasteiger partial charge on any atom is 0.310 e. The molecule has 70 valence electrons. The SMILES string of the molecule is COC(=O)Cc1ccnc(F)c1Br. The van der Waals surface area contributed by atoms with Gasteiger partial charge in [-0.15, -0.1) is 0 Å². The molecule has 0 bridgehead atoms. The molecule has 5 heteroatoms. The summed E-state index contributed by atoms with van der Waals surface area (Å²) in [5, 5.41) is 0. The summed E-state index contributed by atoms with van der Waals surface area (Å²) in [6, 6.07) is 1.56. The molecule has 0 saturated carbocycles. The van der Waals surface area contributed by atoms with Crippen molar-refractivity contribution in [2.24, 2.45) is 0 Å². The van der Waals surface area contributed by atoms with Gasteiger partial charge in [0.2, 0.25) is 5.95 Å². The summed E-state index contributed by atoms with van der Waals surface area (Å²) in [7, 11) is 1.29. The van der Waals surface area contributed by atoms with Crippen molar-refractivity contribution in [1.82, 2.24) is 4.98 Å². The second kappa shape index (κ2) is 4.32. The topological polar surface area (TPSA) is 39.2 Å². The van der Waals surface area contributed by atoms with Gasteiger partial charge in [0.05, 0.1) is 18.0 Å². The van der Waals surface area contributed by atoms with Crippen LogP contribution in [0.2, 0.25) is 0 Å². The van der Waals surface area contributed by atoms with E-state index in [2.05, 4.69) is 25.7 Å². The number of pyridine rings is 1. The zero-order chi connectivity index (χ0) is 9.84. The average Bonchev–Trinajstić information content (AvgIpc) is 2.13. The number of ether oxygens (including phenoxy) is 1. The Hall–Kier alpha value is -0.970. The van der Waals surface area contributed by atoms with Crippen LogP contribution in [0.15, 0.2) is 16.7 Å². The molecule has 1 aromatic rings. The molecule has 0 aliphatic carbocycles. The van der Waals surface area contributed by atoms with E-state index in [0.717, 1.165) is 0 Å². The summed E-state index contributed by atoms with van der Waals surface area (Å²) < 4.78 is 17.5. The van der Waals surface area contributed by atoms with Crippen LogP contribution in [0.4, 0.5) is 4.39 Å². The van der Waals surface area contributed by atoms with Crippen molar-refractivity contribution in [2.75, 3.05) is 7.11 Å². The van der Waals surface area contributed by atoms with Crippen LogP contribution in [-0.2, 0) is 16.0 Å². The molecule has 0 N–H and O–H groups in total. The maximum absolute atomic E-state index is 12.8. The molecule has 0 aliphatic rings. The first-order chi connectivity index (χ1) is 6.15. The molecule has 13 heavy (non-hydrogen) atoms. The fourth-order valence-electron chi connectivity index (χ4n) is 0.819. The molecule has 0 unspecified atom stereocenters. The van der Waals surface area contributed by atoms with E-state index in [9.17, 15) is 9.18 Å². The summed E-state index contributed by atoms with van der Waals surface area (Å²) >= 11 is 2.99. The Labute approximate surface area is 83.1 Å². The first-order valence-corrected chi connectivity index (χ1v) is 4.30. The Morgan fingerprint density at radius 1 is 1.77 bits per heavy atom. The van der Waals surface area contributed by atoms with Gasteiger partial charge in [0, 0.05) is 6.20 Å². The lowest BCUT2D eigenvalue weighted by Gasteiger charge is -2.02. The number of carbonyl (C=O) groups excluding carboxylic acids is 1. The third kappa shape index (κ3) is 2.48. The van der Waals surface area contributed by atoms with Gasteiger partial charge >= 0.3 is 5.97 Å². The van der Waals surface area contributed by atoms with Crippen LogP contribution in [0, 0.1) is 5.95 Å². The molecule has 0 atom stereocenters. The van der Waals surface area contributed by atoms with Crippen LogP contribution in [0.25, 0.3) is 0 Å². The van der Waals surface area contributed by atoms with Gasteiger partial charge in [0.1, 0.15) is 0 Å². The van der Waals surface area contributed by atoms with E-state index in [0.29, 0.717) is 5.56 Å². The molecule has 0 spiro atoms. The van der Waals surface area contributed by atoms with E-state index >= 15 is 0 Å². The van der Waals surface area contributed by atoms with Crippen molar-refractivity contribution < 1.29 is 13.9 Å². The van der Waals surface area contributed by atoms with Gasteiger partial charge in [0.15, 0.2) is 0 Å². The molecule has 0 amide bonds. The molecule has 0 aromatic carbocycles. The number of hydrogen-bond acceptors (Lipinski definition) is 3. The molecule has 1 aromatic heterocycles. The molecular weight excluding hydrogens is 241 g/mol. The summed E-state index contributed by atoms with van der Waals surface area (Å²) in [6.07, 6.45) is 1.34. The number of nitrogens with zero attached hydrogens (tertiary/aromatic N) is 1. The van der Waals surface area contributed by atoms with E-state index in [1.54, 1.807) is 6.07 Å². The molecule has 0 fully saturated rings. The molecule has 3 nitrogen and oxygen atoms in total. The van der Waals surface area contributed by atoms with Crippen molar-refractivity contribution in [1.29, 1.82) is 0 Å². The molecule has 1 rings (SSSR count). The van der Waals surface area contributed by atoms with E-state index in [-0.39, 0.29) is 10.9 Å². The van der Waals surface area contributed by atoms with Crippen molar-refractivity contribution in [3.8, 4) is 0 Å². The van der Waals surface area contributed by atoms with Gasteiger partial charge in [-0.25, -0.2) is 4.98 Å². The van der Waals surface area contributed by atoms with Crippen LogP contribution < -0.4 is 0 Å². The Morgan fingerprint density at radius 2 is 2.46 bits per heavy atom. The monoisotopic (exact) mass is 247 g/mol. The normalized spacial score (nSPS) is 9.77. The van der Waals surface area contributed by atoms with Gasteiger partial charge < -0.3 is 4.74 Å². The van der Waals surface area contributed by atoms with Crippen molar-refractivity contribution in [2.45, 2.75) is 6.42 Å². The minimum atomic E-state index is -0.624. The van der Waals surface area contributed by atoms with Gasteiger partial charge in [-0.2, -0.15) is 4.39 Å². The lowest BCUT2D eigenvalue weighted by atomic mass is 10.2. The standard InChI is InChI=1S/C8H7BrFNO2/c1-13-6(12)4-5-2-3-11-8(10)7(5)9/h2-3H,4H2,1H3. The van der Waals surface area contributed by atoms with Crippen molar-refractivity contribution in [3.63, 3.8) is 0 Å². The summed E-state index contributed by atoms with van der Waals surface area (Å²) in [5.74, 6) is -1.03. The smallest absolute Gasteiger partial charge is 0.310 e. The number of carbonyl (C=O) groups is 1. The zero-order valence-electron chi connectivity index (χ0n) is 6.88. The summed E-state index contributed by atoms with van der Waals surface area (Å²) in [5.41, 5.74) is 0.527. The number of hydrogen-bond donors (Lipinski definition) is 0. The number of rotatable bonds is 2. The highest BCUT2D eigenvalue weighted by Crippen LogP contribution is 2.18. The zero-order valence-corrected chi connectivity index (χ0v) is 8.47. The Kier molecular flexibility index (Phi) is 3.36. The van der Waals surface area contributed by atoms with Gasteiger partial charge in [-0.05, 0) is 27.6 Å². The third-order valence-electron chi connectivity index (χ3n) is 1.49. The molecule has 0 radical (unpaired) electrons. The molecular formula is C8H7BrFNO2. The highest BCUT2D eigenvalue weighted by atomic mass is 79.9. The van der Waals surface area contributed by atoms with Crippen LogP contribution >= 0.6 is 15.9 Å². The lowest BCUT2D eigenvalue weighted by molar-refractivity contribution is -0.139. The van der Waals surface area contributed by atoms with Gasteiger partial charge in [-0.3, -0.25) is 4.79 Å². The van der Waals surface area contributed by atoms with Crippen LogP contribution in [0.5, 0.6) is 0 Å². The Balaban J connectivity index is 2.89. The van der Waals surface area contributed by atoms with E-state index in [4.69, 9.17) is 0 Å². The van der Waals surface area contributed by atoms with Crippen molar-refractivity contribution in [3.05, 3.63) is 28.2 Å². The first-order valence-electron chi connectivity index (χ1n) is 3.51. The van der Waals surface area contributed by atoms with Gasteiger partial charge in [-0.1, -0.05) is 0 Å². The number of methoxy groups -OCH3 is 1. The maximum atomic E-state index is 12.8. The second-order valence-electron chi connectivity index (χ2n) is 2.33. The minimum absolute atomic E-state index is 0.0382. The third-order valence-corrected chi connectivity index (χ3v) is 2.33. The average molecular weight is 248 g/mol. The Morgan fingerprint density at radius 3 is 3.08 bits per heavy atom. The predicted octanol–water partition coefficient (Wildman–Crippen LogP) is 1.70. The molecule has 0 aliphatic heterocycles. The molecule has 0 saturated heterocycles. The summed E-state index contributed by atoms with van der Waals surface area (Å²) in [4.78, 5) is 14.3. The van der Waals surface area contributed by atoms with Crippen molar-refractivity contribution >= 4 is 21.9 Å². The quantitative estimate of drug-likeness (QED) is 0.590. The Bertz CT molecular complexity index is 330. The number of esters is 1. The van der Waals surface area contributed by atoms with Crippen LogP contribution in [-0.4, -0.2) is 18.1 Å². The van der Waals surface area contributed by atoms with Gasteiger partial charge in [0.25, 0.3) is 0 Å². The fraction of sp³-hybridized carbons (Fsp3) is 0.250. The highest BCUT2D eigenvalue weighted by Gasteiger charge is 2.10. The molecule has 1 heterocycles. The minimum Gasteiger partial charge on any atom is -0.469 e.